The van der Waals surface area contributed by atoms with Crippen molar-refractivity contribution >= 4 is 28.2 Å². The fraction of sp³-hybridized carbons (Fsp3) is 0.632. The molecular weight excluding hydrogens is 407 g/mol. The van der Waals surface area contributed by atoms with Gasteiger partial charge >= 0.3 is 17.8 Å². The highest BCUT2D eigenvalue weighted by Gasteiger charge is 2.63. The average molecular weight is 431 g/mol. The van der Waals surface area contributed by atoms with Gasteiger partial charge in [-0.05, 0) is 36.2 Å². The molecule has 1 aromatic heterocycles. The zero-order valence-electron chi connectivity index (χ0n) is 16.9. The van der Waals surface area contributed by atoms with Crippen molar-refractivity contribution in [2.75, 3.05) is 12.4 Å². The highest BCUT2D eigenvalue weighted by Crippen LogP contribution is 2.45. The largest absolute Gasteiger partial charge is 0.466 e. The summed E-state index contributed by atoms with van der Waals surface area (Å²) in [6.45, 7) is 7.17. The highest BCUT2D eigenvalue weighted by molar-refractivity contribution is 7.16. The number of methoxy groups -OCH3 is 1. The summed E-state index contributed by atoms with van der Waals surface area (Å²) in [6, 6.07) is 1.96. The molecule has 6 nitrogen and oxygen atoms in total. The normalized spacial score (nSPS) is 18.8. The molecular formula is C19H24F3N3O3S. The van der Waals surface area contributed by atoms with Crippen molar-refractivity contribution in [3.63, 3.8) is 0 Å². The number of thiophene rings is 1. The number of alkyl halides is 3. The molecule has 29 heavy (non-hydrogen) atoms. The van der Waals surface area contributed by atoms with Crippen LogP contribution in [0.4, 0.5) is 18.2 Å². The molecule has 0 saturated carbocycles. The number of anilines is 1. The van der Waals surface area contributed by atoms with Gasteiger partial charge in [0, 0.05) is 11.8 Å². The first-order chi connectivity index (χ1) is 13.3. The van der Waals surface area contributed by atoms with Crippen LogP contribution in [0.25, 0.3) is 0 Å². The second-order valence-corrected chi connectivity index (χ2v) is 9.28. The van der Waals surface area contributed by atoms with E-state index in [1.807, 2.05) is 6.07 Å². The fourth-order valence-electron chi connectivity index (χ4n) is 3.51. The number of nitrogens with one attached hydrogen (secondary N) is 2. The Morgan fingerprint density at radius 2 is 1.90 bits per heavy atom. The van der Waals surface area contributed by atoms with Gasteiger partial charge in [0.15, 0.2) is 0 Å². The first-order valence-corrected chi connectivity index (χ1v) is 9.85. The molecule has 2 rings (SSSR count). The molecule has 2 atom stereocenters. The minimum Gasteiger partial charge on any atom is -0.466 e. The van der Waals surface area contributed by atoms with Gasteiger partial charge in [-0.1, -0.05) is 20.8 Å². The number of fused-ring (bicyclic) bond motifs is 1. The molecule has 1 aromatic rings. The first kappa shape index (κ1) is 23.0. The number of esters is 1. The molecule has 160 valence electrons. The third-order valence-electron chi connectivity index (χ3n) is 5.18. The minimum atomic E-state index is -5.21. The van der Waals surface area contributed by atoms with Gasteiger partial charge in [-0.2, -0.15) is 18.4 Å². The summed E-state index contributed by atoms with van der Waals surface area (Å²) in [6.07, 6.45) is -3.20. The van der Waals surface area contributed by atoms with Crippen molar-refractivity contribution in [2.45, 2.75) is 58.8 Å². The predicted molar refractivity (Wildman–Crippen MR) is 102 cm³/mol. The van der Waals surface area contributed by atoms with Crippen LogP contribution in [0.1, 0.15) is 50.1 Å². The standard InChI is InChI=1S/C19H24F3N3O3S/c1-10(26)24-18(16(27)28-5,19(20,21)22)25-15-13(9-23)12-7-6-11(17(2,3)4)8-14(12)29-15/h11,25H,6-8H2,1-5H3,(H,24,26). The van der Waals surface area contributed by atoms with E-state index >= 15 is 0 Å². The van der Waals surface area contributed by atoms with Gasteiger partial charge in [0.25, 0.3) is 0 Å². The van der Waals surface area contributed by atoms with Crippen LogP contribution in [0.3, 0.4) is 0 Å². The number of halogens is 3. The molecule has 2 N–H and O–H groups in total. The summed E-state index contributed by atoms with van der Waals surface area (Å²) in [7, 11) is 0.797. The van der Waals surface area contributed by atoms with Crippen LogP contribution in [-0.2, 0) is 27.2 Å². The molecule has 0 aliphatic heterocycles. The van der Waals surface area contributed by atoms with E-state index in [1.54, 1.807) is 5.32 Å². The van der Waals surface area contributed by atoms with Gasteiger partial charge in [-0.15, -0.1) is 11.3 Å². The minimum absolute atomic E-state index is 0.0139. The molecule has 1 aliphatic carbocycles. The summed E-state index contributed by atoms with van der Waals surface area (Å²) >= 11 is 1.01. The van der Waals surface area contributed by atoms with Crippen LogP contribution in [0.15, 0.2) is 0 Å². The Kier molecular flexibility index (Phi) is 6.23. The third kappa shape index (κ3) is 4.34. The molecule has 2 unspecified atom stereocenters. The summed E-state index contributed by atoms with van der Waals surface area (Å²) in [5.74, 6) is -2.48. The van der Waals surface area contributed by atoms with Crippen LogP contribution in [0.2, 0.25) is 0 Å². The number of rotatable bonds is 4. The van der Waals surface area contributed by atoms with Gasteiger partial charge in [0.05, 0.1) is 12.7 Å². The zero-order valence-corrected chi connectivity index (χ0v) is 17.7. The van der Waals surface area contributed by atoms with E-state index < -0.39 is 23.7 Å². The van der Waals surface area contributed by atoms with Crippen LogP contribution in [0.5, 0.6) is 0 Å². The second-order valence-electron chi connectivity index (χ2n) is 8.17. The molecule has 0 radical (unpaired) electrons. The monoisotopic (exact) mass is 431 g/mol. The molecule has 10 heteroatoms. The number of hydrogen-bond acceptors (Lipinski definition) is 6. The number of nitrogens with zero attached hydrogens (tertiary/aromatic N) is 1. The van der Waals surface area contributed by atoms with Gasteiger partial charge in [0.2, 0.25) is 5.91 Å². The molecule has 0 fully saturated rings. The molecule has 0 spiro atoms. The summed E-state index contributed by atoms with van der Waals surface area (Å²) in [4.78, 5) is 24.5. The van der Waals surface area contributed by atoms with Crippen molar-refractivity contribution in [1.82, 2.24) is 5.32 Å². The Morgan fingerprint density at radius 3 is 2.34 bits per heavy atom. The number of ether oxygens (including phenoxy) is 1. The Hall–Kier alpha value is -2.28. The lowest BCUT2D eigenvalue weighted by atomic mass is 9.72. The van der Waals surface area contributed by atoms with E-state index in [0.717, 1.165) is 36.7 Å². The van der Waals surface area contributed by atoms with Crippen molar-refractivity contribution < 1.29 is 27.5 Å². The van der Waals surface area contributed by atoms with Crippen LogP contribution < -0.4 is 10.6 Å². The molecule has 1 heterocycles. The second kappa shape index (κ2) is 7.86. The molecule has 1 aliphatic rings. The number of amides is 1. The SMILES string of the molecule is COC(=O)C(NC(C)=O)(Nc1sc2c(c1C#N)CCC(C(C)(C)C)C2)C(F)(F)F. The van der Waals surface area contributed by atoms with Crippen molar-refractivity contribution in [2.24, 2.45) is 11.3 Å². The summed E-state index contributed by atoms with van der Waals surface area (Å²) < 4.78 is 46.2. The smallest absolute Gasteiger partial charge is 0.441 e. The quantitative estimate of drug-likeness (QED) is 0.560. The van der Waals surface area contributed by atoms with Gasteiger partial charge in [0.1, 0.15) is 11.1 Å². The maximum atomic E-state index is 13.9. The van der Waals surface area contributed by atoms with Crippen LogP contribution >= 0.6 is 11.3 Å². The number of hydrogen-bond donors (Lipinski definition) is 2. The van der Waals surface area contributed by atoms with E-state index in [2.05, 4.69) is 30.8 Å². The van der Waals surface area contributed by atoms with Crippen LogP contribution in [0, 0.1) is 22.7 Å². The van der Waals surface area contributed by atoms with Gasteiger partial charge < -0.3 is 15.4 Å². The summed E-state index contributed by atoms with van der Waals surface area (Å²) in [5, 5.41) is 13.2. The lowest BCUT2D eigenvalue weighted by Gasteiger charge is -2.34. The Labute approximate surface area is 171 Å². The van der Waals surface area contributed by atoms with E-state index in [4.69, 9.17) is 0 Å². The molecule has 0 bridgehead atoms. The van der Waals surface area contributed by atoms with Crippen LogP contribution in [-0.4, -0.2) is 30.8 Å². The Bertz CT molecular complexity index is 852. The number of carbonyl (C=O) groups excluding carboxylic acids is 2. The molecule has 0 saturated heterocycles. The third-order valence-corrected chi connectivity index (χ3v) is 6.35. The average Bonchev–Trinajstić information content (AvgIpc) is 2.94. The van der Waals surface area contributed by atoms with Gasteiger partial charge in [-0.3, -0.25) is 4.79 Å². The number of nitriles is 1. The maximum Gasteiger partial charge on any atom is 0.441 e. The van der Waals surface area contributed by atoms with Crippen molar-refractivity contribution in [1.29, 1.82) is 5.26 Å². The number of carbonyl (C=O) groups is 2. The summed E-state index contributed by atoms with van der Waals surface area (Å²) in [5.41, 5.74) is -2.71. The van der Waals surface area contributed by atoms with E-state index in [9.17, 15) is 28.0 Å². The lowest BCUT2D eigenvalue weighted by Crippen LogP contribution is -2.69. The van der Waals surface area contributed by atoms with E-state index in [1.165, 1.54) is 0 Å². The predicted octanol–water partition coefficient (Wildman–Crippen LogP) is 3.75. The topological polar surface area (TPSA) is 91.2 Å². The zero-order chi connectivity index (χ0) is 22.2. The van der Waals surface area contributed by atoms with Gasteiger partial charge in [-0.25, -0.2) is 4.79 Å². The molecule has 1 amide bonds. The van der Waals surface area contributed by atoms with E-state index in [0.29, 0.717) is 24.3 Å². The molecule has 0 aromatic carbocycles. The Morgan fingerprint density at radius 1 is 1.28 bits per heavy atom. The Balaban J connectivity index is 2.56. The van der Waals surface area contributed by atoms with Crippen molar-refractivity contribution in [3.8, 4) is 6.07 Å². The fourth-order valence-corrected chi connectivity index (χ4v) is 4.84. The highest BCUT2D eigenvalue weighted by atomic mass is 32.1. The van der Waals surface area contributed by atoms with Crippen molar-refractivity contribution in [3.05, 3.63) is 16.0 Å². The maximum absolute atomic E-state index is 13.9. The van der Waals surface area contributed by atoms with E-state index in [-0.39, 0.29) is 16.0 Å². The lowest BCUT2D eigenvalue weighted by molar-refractivity contribution is -0.206. The first-order valence-electron chi connectivity index (χ1n) is 9.03.